The van der Waals surface area contributed by atoms with Gasteiger partial charge in [-0.2, -0.15) is 0 Å². The Bertz CT molecular complexity index is 815. The van der Waals surface area contributed by atoms with Gasteiger partial charge in [-0.1, -0.05) is 23.9 Å². The van der Waals surface area contributed by atoms with E-state index in [1.165, 1.54) is 23.9 Å². The molecular formula is C15H12F3N3OS. The lowest BCUT2D eigenvalue weighted by molar-refractivity contribution is -0.274. The zero-order valence-electron chi connectivity index (χ0n) is 12.0. The van der Waals surface area contributed by atoms with Gasteiger partial charge in [-0.3, -0.25) is 4.57 Å². The van der Waals surface area contributed by atoms with Crippen LogP contribution in [0.1, 0.15) is 5.56 Å². The normalized spacial score (nSPS) is 11.8. The second-order valence-electron chi connectivity index (χ2n) is 4.72. The Morgan fingerprint density at radius 1 is 1.17 bits per heavy atom. The van der Waals surface area contributed by atoms with E-state index in [1.807, 2.05) is 23.0 Å². The lowest BCUT2D eigenvalue weighted by atomic mass is 10.2. The first-order valence-electron chi connectivity index (χ1n) is 6.66. The Balaban J connectivity index is 1.87. The molecule has 4 nitrogen and oxygen atoms in total. The molecule has 0 aliphatic heterocycles. The van der Waals surface area contributed by atoms with E-state index in [9.17, 15) is 13.2 Å². The maximum atomic E-state index is 12.2. The Kier molecular flexibility index (Phi) is 4.16. The summed E-state index contributed by atoms with van der Waals surface area (Å²) in [6.45, 7) is 0.468. The van der Waals surface area contributed by atoms with Gasteiger partial charge in [0.15, 0.2) is 10.8 Å². The van der Waals surface area contributed by atoms with Gasteiger partial charge in [0.05, 0.1) is 6.54 Å². The molecule has 0 aliphatic rings. The van der Waals surface area contributed by atoms with Crippen LogP contribution in [0.4, 0.5) is 13.2 Å². The van der Waals surface area contributed by atoms with Gasteiger partial charge in [-0.25, -0.2) is 9.97 Å². The summed E-state index contributed by atoms with van der Waals surface area (Å²) >= 11 is 1.49. The highest BCUT2D eigenvalue weighted by Crippen LogP contribution is 2.25. The fourth-order valence-corrected chi connectivity index (χ4v) is 2.78. The minimum absolute atomic E-state index is 0.236. The average molecular weight is 339 g/mol. The SMILES string of the molecule is CSc1nc2cccnc2n1Cc1ccc(OC(F)(F)F)cc1. The number of benzene rings is 1. The van der Waals surface area contributed by atoms with Gasteiger partial charge < -0.3 is 4.74 Å². The number of fused-ring (bicyclic) bond motifs is 1. The zero-order valence-corrected chi connectivity index (χ0v) is 12.9. The van der Waals surface area contributed by atoms with E-state index in [-0.39, 0.29) is 5.75 Å². The quantitative estimate of drug-likeness (QED) is 0.671. The number of aromatic nitrogens is 3. The van der Waals surface area contributed by atoms with Gasteiger partial charge >= 0.3 is 6.36 Å². The van der Waals surface area contributed by atoms with Gasteiger partial charge in [-0.15, -0.1) is 13.2 Å². The Hall–Kier alpha value is -2.22. The van der Waals surface area contributed by atoms with Crippen molar-refractivity contribution >= 4 is 22.9 Å². The molecule has 0 saturated heterocycles. The number of thioether (sulfide) groups is 1. The number of nitrogens with zero attached hydrogens (tertiary/aromatic N) is 3. The lowest BCUT2D eigenvalue weighted by Gasteiger charge is -2.10. The van der Waals surface area contributed by atoms with Crippen molar-refractivity contribution in [2.45, 2.75) is 18.1 Å². The van der Waals surface area contributed by atoms with E-state index in [0.717, 1.165) is 21.9 Å². The molecule has 0 saturated carbocycles. The number of ether oxygens (including phenoxy) is 1. The number of imidazole rings is 1. The number of halogens is 3. The van der Waals surface area contributed by atoms with Crippen LogP contribution in [0.5, 0.6) is 5.75 Å². The van der Waals surface area contributed by atoms with E-state index in [4.69, 9.17) is 0 Å². The molecule has 8 heteroatoms. The molecule has 0 bridgehead atoms. The number of hydrogen-bond donors (Lipinski definition) is 0. The molecule has 0 unspecified atom stereocenters. The van der Waals surface area contributed by atoms with Crippen molar-refractivity contribution in [3.05, 3.63) is 48.2 Å². The Morgan fingerprint density at radius 2 is 1.91 bits per heavy atom. The Labute approximate surface area is 134 Å². The molecule has 0 fully saturated rings. The van der Waals surface area contributed by atoms with Crippen LogP contribution in [0.15, 0.2) is 47.8 Å². The topological polar surface area (TPSA) is 39.9 Å². The van der Waals surface area contributed by atoms with Crippen LogP contribution in [0.25, 0.3) is 11.2 Å². The number of rotatable bonds is 4. The molecule has 2 aromatic heterocycles. The van der Waals surface area contributed by atoms with Crippen LogP contribution in [0.2, 0.25) is 0 Å². The van der Waals surface area contributed by atoms with Crippen molar-refractivity contribution in [2.75, 3.05) is 6.26 Å². The van der Waals surface area contributed by atoms with Crippen LogP contribution < -0.4 is 4.74 Å². The minimum atomic E-state index is -4.68. The van der Waals surface area contributed by atoms with Crippen LogP contribution in [0, 0.1) is 0 Å². The van der Waals surface area contributed by atoms with Gasteiger partial charge in [0, 0.05) is 6.20 Å². The van der Waals surface area contributed by atoms with Crippen molar-refractivity contribution in [3.8, 4) is 5.75 Å². The average Bonchev–Trinajstić information content (AvgIpc) is 2.86. The second-order valence-corrected chi connectivity index (χ2v) is 5.50. The Morgan fingerprint density at radius 3 is 2.57 bits per heavy atom. The fraction of sp³-hybridized carbons (Fsp3) is 0.200. The van der Waals surface area contributed by atoms with Gasteiger partial charge in [0.2, 0.25) is 0 Å². The summed E-state index contributed by atoms with van der Waals surface area (Å²) < 4.78 is 42.3. The van der Waals surface area contributed by atoms with Crippen molar-refractivity contribution in [3.63, 3.8) is 0 Å². The highest BCUT2D eigenvalue weighted by Gasteiger charge is 2.30. The highest BCUT2D eigenvalue weighted by atomic mass is 32.2. The standard InChI is InChI=1S/C15H12F3N3OS/c1-23-14-20-12-3-2-8-19-13(12)21(14)9-10-4-6-11(7-5-10)22-15(16,17)18/h2-8H,9H2,1H3. The maximum Gasteiger partial charge on any atom is 0.573 e. The summed E-state index contributed by atoms with van der Waals surface area (Å²) in [5.74, 6) is -0.236. The molecule has 120 valence electrons. The summed E-state index contributed by atoms with van der Waals surface area (Å²) in [5, 5.41) is 0.800. The largest absolute Gasteiger partial charge is 0.573 e. The lowest BCUT2D eigenvalue weighted by Crippen LogP contribution is -2.17. The third kappa shape index (κ3) is 3.58. The molecule has 0 aliphatic carbocycles. The molecule has 0 spiro atoms. The first kappa shape index (κ1) is 15.7. The van der Waals surface area contributed by atoms with Crippen molar-refractivity contribution in [1.82, 2.24) is 14.5 Å². The summed E-state index contributed by atoms with van der Waals surface area (Å²) in [7, 11) is 0. The van der Waals surface area contributed by atoms with Crippen LogP contribution in [-0.2, 0) is 6.54 Å². The van der Waals surface area contributed by atoms with E-state index >= 15 is 0 Å². The molecule has 3 aromatic rings. The van der Waals surface area contributed by atoms with Gasteiger partial charge in [0.1, 0.15) is 11.3 Å². The van der Waals surface area contributed by atoms with Gasteiger partial charge in [0.25, 0.3) is 0 Å². The van der Waals surface area contributed by atoms with Crippen molar-refractivity contribution < 1.29 is 17.9 Å². The van der Waals surface area contributed by atoms with E-state index in [1.54, 1.807) is 18.3 Å². The van der Waals surface area contributed by atoms with Crippen LogP contribution >= 0.6 is 11.8 Å². The second kappa shape index (κ2) is 6.11. The zero-order chi connectivity index (χ0) is 16.4. The molecule has 0 N–H and O–H groups in total. The van der Waals surface area contributed by atoms with Crippen LogP contribution in [0.3, 0.4) is 0 Å². The number of pyridine rings is 1. The number of alkyl halides is 3. The van der Waals surface area contributed by atoms with Crippen molar-refractivity contribution in [2.24, 2.45) is 0 Å². The van der Waals surface area contributed by atoms with Crippen LogP contribution in [-0.4, -0.2) is 27.2 Å². The molecule has 1 aromatic carbocycles. The highest BCUT2D eigenvalue weighted by molar-refractivity contribution is 7.98. The minimum Gasteiger partial charge on any atom is -0.406 e. The van der Waals surface area contributed by atoms with Gasteiger partial charge in [-0.05, 0) is 36.1 Å². The van der Waals surface area contributed by atoms with E-state index in [2.05, 4.69) is 14.7 Å². The summed E-state index contributed by atoms with van der Waals surface area (Å²) in [6.07, 6.45) is -1.08. The monoisotopic (exact) mass is 339 g/mol. The molecule has 3 rings (SSSR count). The fourth-order valence-electron chi connectivity index (χ4n) is 2.22. The van der Waals surface area contributed by atoms with E-state index in [0.29, 0.717) is 6.54 Å². The first-order chi connectivity index (χ1) is 11.0. The molecule has 2 heterocycles. The molecule has 0 amide bonds. The van der Waals surface area contributed by atoms with E-state index < -0.39 is 6.36 Å². The summed E-state index contributed by atoms with van der Waals surface area (Å²) in [4.78, 5) is 8.81. The smallest absolute Gasteiger partial charge is 0.406 e. The third-order valence-corrected chi connectivity index (χ3v) is 3.83. The predicted octanol–water partition coefficient (Wildman–Crippen LogP) is 4.10. The maximum absolute atomic E-state index is 12.2. The first-order valence-corrected chi connectivity index (χ1v) is 7.89. The third-order valence-electron chi connectivity index (χ3n) is 3.15. The summed E-state index contributed by atoms with van der Waals surface area (Å²) in [5.41, 5.74) is 2.36. The number of hydrogen-bond acceptors (Lipinski definition) is 4. The van der Waals surface area contributed by atoms with Crippen molar-refractivity contribution in [1.29, 1.82) is 0 Å². The summed E-state index contributed by atoms with van der Waals surface area (Å²) in [6, 6.07) is 9.48. The predicted molar refractivity (Wildman–Crippen MR) is 81.5 cm³/mol. The molecule has 0 atom stereocenters. The molecule has 23 heavy (non-hydrogen) atoms. The molecular weight excluding hydrogens is 327 g/mol. The molecule has 0 radical (unpaired) electrons.